The van der Waals surface area contributed by atoms with E-state index in [1.54, 1.807) is 18.6 Å². The van der Waals surface area contributed by atoms with Gasteiger partial charge in [-0.3, -0.25) is 9.89 Å². The van der Waals surface area contributed by atoms with Crippen molar-refractivity contribution >= 4 is 60.7 Å². The number of carbonyl (C=O) groups excluding carboxylic acids is 1. The molecule has 7 nitrogen and oxygen atoms in total. The molecule has 0 spiro atoms. The van der Waals surface area contributed by atoms with Crippen LogP contribution in [0.1, 0.15) is 34.0 Å². The summed E-state index contributed by atoms with van der Waals surface area (Å²) in [4.78, 5) is 21.9. The van der Waals surface area contributed by atoms with E-state index < -0.39 is 0 Å². The summed E-state index contributed by atoms with van der Waals surface area (Å²) in [7, 11) is 0. The van der Waals surface area contributed by atoms with Crippen molar-refractivity contribution in [2.24, 2.45) is 0 Å². The van der Waals surface area contributed by atoms with Crippen molar-refractivity contribution in [3.05, 3.63) is 57.8 Å². The fraction of sp³-hybridized carbons (Fsp3) is 0.158. The third-order valence-electron chi connectivity index (χ3n) is 4.61. The van der Waals surface area contributed by atoms with Crippen LogP contribution in [0, 0.1) is 0 Å². The Balaban J connectivity index is 1.34. The number of hydrogen-bond donors (Lipinski definition) is 3. The lowest BCUT2D eigenvalue weighted by atomic mass is 10.2. The number of pyridine rings is 1. The highest BCUT2D eigenvalue weighted by Crippen LogP contribution is 2.40. The number of halogens is 1. The molecule has 0 aliphatic heterocycles. The summed E-state index contributed by atoms with van der Waals surface area (Å²) in [5.74, 6) is 1.18. The molecule has 3 heterocycles. The van der Waals surface area contributed by atoms with Crippen LogP contribution < -0.4 is 10.6 Å². The van der Waals surface area contributed by atoms with E-state index in [0.29, 0.717) is 21.6 Å². The van der Waals surface area contributed by atoms with Crippen LogP contribution in [0.5, 0.6) is 0 Å². The second kappa shape index (κ2) is 6.99. The predicted molar refractivity (Wildman–Crippen MR) is 113 cm³/mol. The number of fused-ring (bicyclic) bond motifs is 1. The number of rotatable bonds is 5. The van der Waals surface area contributed by atoms with Crippen molar-refractivity contribution in [1.82, 2.24) is 20.2 Å². The first-order chi connectivity index (χ1) is 13.7. The van der Waals surface area contributed by atoms with Crippen molar-refractivity contribution in [3.8, 4) is 0 Å². The molecule has 5 rings (SSSR count). The van der Waals surface area contributed by atoms with E-state index >= 15 is 0 Å². The highest BCUT2D eigenvalue weighted by molar-refractivity contribution is 9.10. The number of nitrogens with zero attached hydrogens (tertiary/aromatic N) is 3. The van der Waals surface area contributed by atoms with E-state index in [-0.39, 0.29) is 5.91 Å². The largest absolute Gasteiger partial charge is 0.320 e. The highest BCUT2D eigenvalue weighted by Gasteiger charge is 2.23. The van der Waals surface area contributed by atoms with E-state index in [2.05, 4.69) is 58.9 Å². The molecule has 28 heavy (non-hydrogen) atoms. The molecule has 0 bridgehead atoms. The molecule has 9 heteroatoms. The van der Waals surface area contributed by atoms with Gasteiger partial charge in [0.05, 0.1) is 23.6 Å². The summed E-state index contributed by atoms with van der Waals surface area (Å²) in [5, 5.41) is 14.5. The number of H-pyrrole nitrogens is 1. The summed E-state index contributed by atoms with van der Waals surface area (Å²) >= 11 is 4.77. The van der Waals surface area contributed by atoms with Crippen LogP contribution in [0.25, 0.3) is 10.9 Å². The number of benzene rings is 1. The van der Waals surface area contributed by atoms with Crippen molar-refractivity contribution in [2.45, 2.75) is 18.8 Å². The number of hydrogen-bond acceptors (Lipinski definition) is 6. The molecule has 0 unspecified atom stereocenters. The molecule has 1 amide bonds. The van der Waals surface area contributed by atoms with Gasteiger partial charge in [0.15, 0.2) is 5.13 Å². The van der Waals surface area contributed by atoms with Gasteiger partial charge in [-0.1, -0.05) is 11.3 Å². The first-order valence-corrected chi connectivity index (χ1v) is 10.4. The minimum Gasteiger partial charge on any atom is -0.320 e. The minimum atomic E-state index is -0.223. The van der Waals surface area contributed by atoms with Gasteiger partial charge in [0.2, 0.25) is 0 Å². The lowest BCUT2D eigenvalue weighted by Gasteiger charge is -2.07. The molecule has 1 fully saturated rings. The summed E-state index contributed by atoms with van der Waals surface area (Å²) in [5.41, 5.74) is 2.83. The number of aromatic amines is 1. The first kappa shape index (κ1) is 17.3. The Morgan fingerprint density at radius 2 is 2.11 bits per heavy atom. The number of nitrogens with one attached hydrogen (secondary N) is 3. The number of thiazole rings is 1. The number of aromatic nitrogens is 4. The molecule has 3 aromatic heterocycles. The quantitative estimate of drug-likeness (QED) is 0.392. The zero-order valence-electron chi connectivity index (χ0n) is 14.6. The fourth-order valence-corrected chi connectivity index (χ4v) is 4.19. The molecule has 1 saturated carbocycles. The van der Waals surface area contributed by atoms with Crippen LogP contribution in [-0.2, 0) is 0 Å². The van der Waals surface area contributed by atoms with Crippen LogP contribution in [0.3, 0.4) is 0 Å². The molecule has 0 saturated heterocycles. The Morgan fingerprint density at radius 1 is 1.21 bits per heavy atom. The van der Waals surface area contributed by atoms with E-state index in [4.69, 9.17) is 0 Å². The van der Waals surface area contributed by atoms with Gasteiger partial charge in [0, 0.05) is 16.1 Å². The van der Waals surface area contributed by atoms with E-state index in [9.17, 15) is 4.79 Å². The van der Waals surface area contributed by atoms with Gasteiger partial charge in [0.1, 0.15) is 10.7 Å². The van der Waals surface area contributed by atoms with E-state index in [0.717, 1.165) is 21.2 Å². The van der Waals surface area contributed by atoms with Gasteiger partial charge < -0.3 is 10.6 Å². The summed E-state index contributed by atoms with van der Waals surface area (Å²) in [6.45, 7) is 0. The van der Waals surface area contributed by atoms with Gasteiger partial charge in [-0.05, 0) is 64.5 Å². The normalized spacial score (nSPS) is 13.6. The van der Waals surface area contributed by atoms with Crippen LogP contribution in [-0.4, -0.2) is 26.1 Å². The maximum atomic E-state index is 12.7. The molecule has 140 valence electrons. The van der Waals surface area contributed by atoms with Crippen molar-refractivity contribution in [3.63, 3.8) is 0 Å². The van der Waals surface area contributed by atoms with Gasteiger partial charge in [0.25, 0.3) is 5.91 Å². The Bertz CT molecular complexity index is 1180. The molecule has 0 atom stereocenters. The predicted octanol–water partition coefficient (Wildman–Crippen LogP) is 5.05. The van der Waals surface area contributed by atoms with E-state index in [1.165, 1.54) is 29.7 Å². The molecule has 1 aliphatic carbocycles. The van der Waals surface area contributed by atoms with Crippen LogP contribution in [0.2, 0.25) is 0 Å². The average molecular weight is 455 g/mol. The third-order valence-corrected chi connectivity index (χ3v) is 6.18. The zero-order valence-corrected chi connectivity index (χ0v) is 17.0. The minimum absolute atomic E-state index is 0.223. The molecule has 1 aliphatic rings. The SMILES string of the molecule is O=C(Nc1c(Br)ccc2[nH]ncc12)c1cnc(Nc2cc(C3CC3)ccn2)s1. The molecule has 0 radical (unpaired) electrons. The van der Waals surface area contributed by atoms with Crippen molar-refractivity contribution in [1.29, 1.82) is 0 Å². The first-order valence-electron chi connectivity index (χ1n) is 8.79. The maximum Gasteiger partial charge on any atom is 0.267 e. The standard InChI is InChI=1S/C19H15BrN6OS/c20-13-3-4-14-12(8-23-26-14)17(13)25-18(27)15-9-22-19(28-15)24-16-7-11(5-6-21-16)10-1-2-10/h3-10H,1-2H2,(H,23,26)(H,25,27)(H,21,22,24). The highest BCUT2D eigenvalue weighted by atomic mass is 79.9. The molecule has 3 N–H and O–H groups in total. The monoisotopic (exact) mass is 454 g/mol. The molecular formula is C19H15BrN6OS. The smallest absolute Gasteiger partial charge is 0.267 e. The lowest BCUT2D eigenvalue weighted by Crippen LogP contribution is -2.10. The van der Waals surface area contributed by atoms with Crippen LogP contribution >= 0.6 is 27.3 Å². The summed E-state index contributed by atoms with van der Waals surface area (Å²) in [6, 6.07) is 7.88. The Hall–Kier alpha value is -2.78. The van der Waals surface area contributed by atoms with Gasteiger partial charge in [-0.15, -0.1) is 0 Å². The molecule has 1 aromatic carbocycles. The Labute approximate surface area is 172 Å². The van der Waals surface area contributed by atoms with Gasteiger partial charge in [-0.2, -0.15) is 5.10 Å². The Morgan fingerprint density at radius 3 is 2.96 bits per heavy atom. The fourth-order valence-electron chi connectivity index (χ4n) is 3.03. The van der Waals surface area contributed by atoms with Crippen molar-refractivity contribution in [2.75, 3.05) is 10.6 Å². The number of anilines is 3. The maximum absolute atomic E-state index is 12.7. The topological polar surface area (TPSA) is 95.6 Å². The zero-order chi connectivity index (χ0) is 19.1. The molecule has 4 aromatic rings. The van der Waals surface area contributed by atoms with Crippen LogP contribution in [0.4, 0.5) is 16.6 Å². The number of carbonyl (C=O) groups is 1. The molecular weight excluding hydrogens is 440 g/mol. The van der Waals surface area contributed by atoms with E-state index in [1.807, 2.05) is 12.1 Å². The third kappa shape index (κ3) is 3.38. The summed E-state index contributed by atoms with van der Waals surface area (Å²) in [6.07, 6.45) is 7.54. The number of amides is 1. The van der Waals surface area contributed by atoms with Crippen LogP contribution in [0.15, 0.2) is 47.3 Å². The lowest BCUT2D eigenvalue weighted by molar-refractivity contribution is 0.103. The van der Waals surface area contributed by atoms with Gasteiger partial charge >= 0.3 is 0 Å². The van der Waals surface area contributed by atoms with Gasteiger partial charge in [-0.25, -0.2) is 9.97 Å². The van der Waals surface area contributed by atoms with Crippen molar-refractivity contribution < 1.29 is 4.79 Å². The Kier molecular flexibility index (Phi) is 4.33. The second-order valence-electron chi connectivity index (χ2n) is 6.61. The second-order valence-corrected chi connectivity index (χ2v) is 8.50. The summed E-state index contributed by atoms with van der Waals surface area (Å²) < 4.78 is 0.790. The average Bonchev–Trinajstić information content (AvgIpc) is 3.26.